The summed E-state index contributed by atoms with van der Waals surface area (Å²) in [7, 11) is 0. The summed E-state index contributed by atoms with van der Waals surface area (Å²) in [5, 5.41) is 23.0. The number of ether oxygens (including phenoxy) is 3. The highest BCUT2D eigenvalue weighted by atomic mass is 35.5. The Bertz CT molecular complexity index is 2360. The molecule has 1 aliphatic heterocycles. The van der Waals surface area contributed by atoms with E-state index in [0.717, 1.165) is 35.4 Å². The molecule has 1 aliphatic rings. The van der Waals surface area contributed by atoms with Gasteiger partial charge in [-0.2, -0.15) is 0 Å². The third kappa shape index (κ3) is 14.2. The fraction of sp³-hybridized carbons (Fsp3) is 0.179. The number of rotatable bonds is 9. The minimum Gasteiger partial charge on any atom is -0.505 e. The van der Waals surface area contributed by atoms with E-state index in [-0.39, 0.29) is 60.5 Å². The average molecular weight is 872 g/mol. The van der Waals surface area contributed by atoms with Gasteiger partial charge in [0.2, 0.25) is 0 Å². The summed E-state index contributed by atoms with van der Waals surface area (Å²) < 4.78 is 84.8. The molecule has 0 aliphatic carbocycles. The number of nitrogens with zero attached hydrogens (tertiary/aromatic N) is 1. The van der Waals surface area contributed by atoms with Crippen molar-refractivity contribution in [3.8, 4) is 17.2 Å². The number of esters is 1. The van der Waals surface area contributed by atoms with E-state index in [4.69, 9.17) is 23.2 Å². The molecule has 59 heavy (non-hydrogen) atoms. The highest BCUT2D eigenvalue weighted by molar-refractivity contribution is 6.51. The summed E-state index contributed by atoms with van der Waals surface area (Å²) in [5.74, 6) is -5.57. The molecule has 5 aromatic rings. The molecule has 3 N–H and O–H groups in total. The van der Waals surface area contributed by atoms with Gasteiger partial charge in [-0.05, 0) is 71.8 Å². The fourth-order valence-electron chi connectivity index (χ4n) is 5.00. The van der Waals surface area contributed by atoms with Gasteiger partial charge in [-0.15, -0.1) is 26.3 Å². The molecular formula is C39H30Cl2F6N2O10. The lowest BCUT2D eigenvalue weighted by atomic mass is 10.0. The van der Waals surface area contributed by atoms with Crippen molar-refractivity contribution in [3.63, 3.8) is 0 Å². The number of pyridine rings is 1. The molecule has 0 saturated carbocycles. The van der Waals surface area contributed by atoms with Crippen LogP contribution in [0.4, 0.5) is 32.0 Å². The average Bonchev–Trinajstić information content (AvgIpc) is 3.40. The normalized spacial score (nSPS) is 11.7. The summed E-state index contributed by atoms with van der Waals surface area (Å²) in [6, 6.07) is 19.8. The lowest BCUT2D eigenvalue weighted by Crippen LogP contribution is -2.17. The minimum absolute atomic E-state index is 0. The summed E-state index contributed by atoms with van der Waals surface area (Å²) in [4.78, 5) is 59.6. The van der Waals surface area contributed by atoms with Crippen LogP contribution in [0.5, 0.6) is 17.2 Å². The zero-order valence-corrected chi connectivity index (χ0v) is 30.8. The molecule has 0 atom stereocenters. The van der Waals surface area contributed by atoms with Gasteiger partial charge in [-0.25, -0.2) is 9.78 Å². The Morgan fingerprint density at radius 2 is 1.31 bits per heavy atom. The van der Waals surface area contributed by atoms with Crippen molar-refractivity contribution in [2.24, 2.45) is 0 Å². The van der Waals surface area contributed by atoms with Gasteiger partial charge in [0.25, 0.3) is 11.7 Å². The van der Waals surface area contributed by atoms with Crippen LogP contribution in [0.25, 0.3) is 10.9 Å². The number of Topliss-reactive ketones (excluding diaryl/α,β-unsaturated/α-hetero) is 2. The van der Waals surface area contributed by atoms with E-state index in [0.29, 0.717) is 10.0 Å². The molecule has 0 spiro atoms. The van der Waals surface area contributed by atoms with E-state index in [1.165, 1.54) is 19.1 Å². The number of hydrogen-bond acceptors (Lipinski definition) is 10. The van der Waals surface area contributed by atoms with E-state index in [9.17, 15) is 60.5 Å². The molecule has 0 radical (unpaired) electrons. The summed E-state index contributed by atoms with van der Waals surface area (Å²) in [6.45, 7) is 1.10. The number of carbonyl (C=O) groups excluding carboxylic acids is 4. The number of hydrogen-bond donors (Lipinski definition) is 3. The first kappa shape index (κ1) is 47.0. The van der Waals surface area contributed by atoms with Crippen LogP contribution in [0.3, 0.4) is 0 Å². The number of carboxylic acids is 1. The van der Waals surface area contributed by atoms with Gasteiger partial charge in [0.15, 0.2) is 11.5 Å². The van der Waals surface area contributed by atoms with Crippen LogP contribution in [0.2, 0.25) is 10.0 Å². The molecule has 0 saturated heterocycles. The van der Waals surface area contributed by atoms with Crippen molar-refractivity contribution in [1.82, 2.24) is 4.98 Å². The van der Waals surface area contributed by atoms with Crippen LogP contribution in [-0.4, -0.2) is 63.9 Å². The van der Waals surface area contributed by atoms with Crippen molar-refractivity contribution in [1.29, 1.82) is 0 Å². The molecule has 1 aromatic heterocycles. The first-order chi connectivity index (χ1) is 27.1. The topological polar surface area (TPSA) is 178 Å². The highest BCUT2D eigenvalue weighted by Crippen LogP contribution is 2.34. The number of carbonyl (C=O) groups is 5. The zero-order valence-electron chi connectivity index (χ0n) is 29.3. The SMILES string of the molecule is C.CC(=O)OCC(=O)Cc1ccc(Cl)cc1.O=C(O)c1c(O)c(Cc2ccc(Cl)cc2)nc2ccc(OC(F)(F)F)cc12.O=C1Nc2ccc(OC(F)(F)F)cc2C1=O. The molecule has 0 fully saturated rings. The maximum Gasteiger partial charge on any atom is 0.573 e. The largest absolute Gasteiger partial charge is 0.573 e. The Hall–Kier alpha value is -6.40. The molecule has 6 rings (SSSR count). The Balaban J connectivity index is 0.000000250. The van der Waals surface area contributed by atoms with Crippen molar-refractivity contribution in [2.45, 2.75) is 39.9 Å². The molecule has 0 bridgehead atoms. The maximum absolute atomic E-state index is 12.4. The van der Waals surface area contributed by atoms with Crippen molar-refractivity contribution < 1.29 is 74.7 Å². The standard InChI is InChI=1S/C18H11ClF3NO4.C11H11ClO3.C9H4F3NO3.CH4/c19-10-3-1-9(2-4-10)7-14-16(24)15(17(25)26)12-8-11(27-18(20,21)22)5-6-13(12)23-14;1-8(13)15-7-11(14)6-9-2-4-10(12)5-3-9;10-9(11,12)16-4-1-2-6-5(3-4)7(14)8(15)13-6;/h1-6,8,24H,7H2,(H,25,26);2-5H,6-7H2,1H3;1-3H,(H,13,14,15);1H4. The van der Waals surface area contributed by atoms with E-state index in [1.807, 2.05) is 0 Å². The number of carboxylic acid groups (broad SMARTS) is 1. The fourth-order valence-corrected chi connectivity index (χ4v) is 5.25. The molecule has 312 valence electrons. The van der Waals surface area contributed by atoms with Crippen molar-refractivity contribution >= 4 is 69.2 Å². The zero-order chi connectivity index (χ0) is 42.9. The van der Waals surface area contributed by atoms with Crippen LogP contribution in [0.1, 0.15) is 51.9 Å². The van der Waals surface area contributed by atoms with Crippen LogP contribution < -0.4 is 14.8 Å². The number of aromatic hydroxyl groups is 1. The number of ketones is 2. The minimum atomic E-state index is -4.93. The smallest absolute Gasteiger partial charge is 0.505 e. The van der Waals surface area contributed by atoms with Crippen molar-refractivity contribution in [2.75, 3.05) is 11.9 Å². The number of anilines is 1. The van der Waals surface area contributed by atoms with Crippen LogP contribution in [-0.2, 0) is 32.0 Å². The number of fused-ring (bicyclic) bond motifs is 2. The first-order valence-electron chi connectivity index (χ1n) is 16.1. The van der Waals surface area contributed by atoms with Gasteiger partial charge in [-0.1, -0.05) is 54.9 Å². The highest BCUT2D eigenvalue weighted by Gasteiger charge is 2.34. The predicted molar refractivity (Wildman–Crippen MR) is 201 cm³/mol. The Morgan fingerprint density at radius 3 is 1.83 bits per heavy atom. The molecule has 12 nitrogen and oxygen atoms in total. The number of nitrogens with one attached hydrogen (secondary N) is 1. The van der Waals surface area contributed by atoms with Gasteiger partial charge in [0, 0.05) is 35.2 Å². The molecule has 0 unspecified atom stereocenters. The number of aromatic nitrogens is 1. The summed E-state index contributed by atoms with van der Waals surface area (Å²) in [5.41, 5.74) is 1.29. The molecule has 4 aromatic carbocycles. The lowest BCUT2D eigenvalue weighted by molar-refractivity contribution is -0.275. The quantitative estimate of drug-likeness (QED) is 0.0731. The first-order valence-corrected chi connectivity index (χ1v) is 16.9. The van der Waals surface area contributed by atoms with Gasteiger partial charge in [0.05, 0.1) is 22.5 Å². The van der Waals surface area contributed by atoms with E-state index in [1.54, 1.807) is 48.5 Å². The van der Waals surface area contributed by atoms with Gasteiger partial charge >= 0.3 is 24.7 Å². The van der Waals surface area contributed by atoms with E-state index in [2.05, 4.69) is 24.5 Å². The number of aromatic carboxylic acids is 1. The van der Waals surface area contributed by atoms with Gasteiger partial charge in [0.1, 0.15) is 23.7 Å². The lowest BCUT2D eigenvalue weighted by Gasteiger charge is -2.13. The second-order valence-corrected chi connectivity index (χ2v) is 12.7. The predicted octanol–water partition coefficient (Wildman–Crippen LogP) is 9.15. The third-order valence-electron chi connectivity index (χ3n) is 7.41. The number of halogens is 8. The van der Waals surface area contributed by atoms with Crippen LogP contribution in [0.15, 0.2) is 84.9 Å². The second-order valence-electron chi connectivity index (χ2n) is 11.8. The molecule has 20 heteroatoms. The van der Waals surface area contributed by atoms with E-state index < -0.39 is 59.2 Å². The number of alkyl halides is 6. The van der Waals surface area contributed by atoms with Crippen LogP contribution in [0, 0.1) is 0 Å². The Kier molecular flexibility index (Phi) is 15.8. The second kappa shape index (κ2) is 19.8. The molecule has 1 amide bonds. The van der Waals surface area contributed by atoms with Crippen LogP contribution >= 0.6 is 23.2 Å². The number of benzene rings is 4. The third-order valence-corrected chi connectivity index (χ3v) is 7.91. The molecule has 2 heterocycles. The number of amides is 1. The summed E-state index contributed by atoms with van der Waals surface area (Å²) in [6.07, 6.45) is -9.39. The van der Waals surface area contributed by atoms with E-state index >= 15 is 0 Å². The maximum atomic E-state index is 12.4. The Labute approximate surface area is 340 Å². The monoisotopic (exact) mass is 870 g/mol. The van der Waals surface area contributed by atoms with Crippen molar-refractivity contribution in [3.05, 3.63) is 123 Å². The van der Waals surface area contributed by atoms with Gasteiger partial charge in [-0.3, -0.25) is 19.2 Å². The molecular weight excluding hydrogens is 841 g/mol. The van der Waals surface area contributed by atoms with Gasteiger partial charge < -0.3 is 29.7 Å². The Morgan fingerprint density at radius 1 is 0.780 bits per heavy atom. The summed E-state index contributed by atoms with van der Waals surface area (Å²) >= 11 is 11.5.